The molecule has 0 heterocycles. The molecule has 0 unspecified atom stereocenters. The van der Waals surface area contributed by atoms with Crippen LogP contribution < -0.4 is 0 Å². The Morgan fingerprint density at radius 1 is 1.00 bits per heavy atom. The molecule has 0 spiro atoms. The Hall–Kier alpha value is -1.14. The quantitative estimate of drug-likeness (QED) is 0.312. The second kappa shape index (κ2) is 10.9. The highest BCUT2D eigenvalue weighted by Gasteiger charge is 1.91. The van der Waals surface area contributed by atoms with E-state index in [1.807, 2.05) is 0 Å². The molecule has 0 heteroatoms. The summed E-state index contributed by atoms with van der Waals surface area (Å²) in [6.07, 6.45) is 21.6. The van der Waals surface area contributed by atoms with E-state index < -0.39 is 0 Å². The van der Waals surface area contributed by atoms with Gasteiger partial charge in [-0.15, -0.1) is 24.7 Å². The zero-order chi connectivity index (χ0) is 11.4. The summed E-state index contributed by atoms with van der Waals surface area (Å²) in [5, 5.41) is 0. The van der Waals surface area contributed by atoms with Gasteiger partial charge in [-0.1, -0.05) is 11.6 Å². The molecule has 0 aromatic rings. The van der Waals surface area contributed by atoms with Gasteiger partial charge in [0, 0.05) is 12.8 Å². The molecular formula is C15H22. The molecule has 0 aliphatic heterocycles. The van der Waals surface area contributed by atoms with E-state index in [9.17, 15) is 0 Å². The van der Waals surface area contributed by atoms with Gasteiger partial charge in [0.1, 0.15) is 0 Å². The summed E-state index contributed by atoms with van der Waals surface area (Å²) in [6, 6.07) is 0. The second-order valence-corrected chi connectivity index (χ2v) is 3.91. The molecule has 0 fully saturated rings. The molecule has 0 bridgehead atoms. The Labute approximate surface area is 95.2 Å². The standard InChI is InChI=1S/C15H22/c1-4-6-8-10-12-14-15(3)13-11-9-7-5-2/h1-2,14H,6-13H2,3H3/b15-14-. The minimum Gasteiger partial charge on any atom is -0.120 e. The van der Waals surface area contributed by atoms with Crippen molar-refractivity contribution in [3.8, 4) is 24.7 Å². The van der Waals surface area contributed by atoms with Gasteiger partial charge in [-0.25, -0.2) is 0 Å². The largest absolute Gasteiger partial charge is 0.120 e. The Balaban J connectivity index is 3.37. The first-order chi connectivity index (χ1) is 7.31. The summed E-state index contributed by atoms with van der Waals surface area (Å²) in [5.41, 5.74) is 1.49. The van der Waals surface area contributed by atoms with E-state index in [-0.39, 0.29) is 0 Å². The molecule has 0 aliphatic rings. The van der Waals surface area contributed by atoms with Crippen LogP contribution in [0.25, 0.3) is 0 Å². The SMILES string of the molecule is C#CCCCC/C=C(/C)CCCCC#C. The second-order valence-electron chi connectivity index (χ2n) is 3.91. The molecule has 0 radical (unpaired) electrons. The van der Waals surface area contributed by atoms with Crippen LogP contribution in [0.4, 0.5) is 0 Å². The van der Waals surface area contributed by atoms with Gasteiger partial charge in [-0.05, 0) is 45.4 Å². The number of allylic oxidation sites excluding steroid dienone is 2. The number of hydrogen-bond donors (Lipinski definition) is 0. The smallest absolute Gasteiger partial charge is 0.00861 e. The van der Waals surface area contributed by atoms with E-state index >= 15 is 0 Å². The van der Waals surface area contributed by atoms with Crippen molar-refractivity contribution in [3.63, 3.8) is 0 Å². The lowest BCUT2D eigenvalue weighted by Gasteiger charge is -2.00. The van der Waals surface area contributed by atoms with E-state index in [0.717, 1.165) is 25.7 Å². The molecule has 0 N–H and O–H groups in total. The van der Waals surface area contributed by atoms with Crippen LogP contribution in [0.5, 0.6) is 0 Å². The van der Waals surface area contributed by atoms with Crippen molar-refractivity contribution < 1.29 is 0 Å². The zero-order valence-electron chi connectivity index (χ0n) is 9.89. The lowest BCUT2D eigenvalue weighted by molar-refractivity contribution is 0.735. The van der Waals surface area contributed by atoms with E-state index in [2.05, 4.69) is 24.8 Å². The summed E-state index contributed by atoms with van der Waals surface area (Å²) in [4.78, 5) is 0. The third-order valence-electron chi connectivity index (χ3n) is 2.41. The summed E-state index contributed by atoms with van der Waals surface area (Å²) in [6.45, 7) is 2.21. The van der Waals surface area contributed by atoms with Crippen LogP contribution in [0, 0.1) is 24.7 Å². The van der Waals surface area contributed by atoms with Gasteiger partial charge in [0.15, 0.2) is 0 Å². The predicted molar refractivity (Wildman–Crippen MR) is 68.4 cm³/mol. The summed E-state index contributed by atoms with van der Waals surface area (Å²) in [5.74, 6) is 5.33. The normalized spacial score (nSPS) is 10.7. The first-order valence-electron chi connectivity index (χ1n) is 5.83. The van der Waals surface area contributed by atoms with Gasteiger partial charge >= 0.3 is 0 Å². The Morgan fingerprint density at radius 3 is 2.20 bits per heavy atom. The minimum absolute atomic E-state index is 0.912. The van der Waals surface area contributed by atoms with Gasteiger partial charge in [0.05, 0.1) is 0 Å². The van der Waals surface area contributed by atoms with Crippen molar-refractivity contribution >= 4 is 0 Å². The Kier molecular flexibility index (Phi) is 10.1. The van der Waals surface area contributed by atoms with Gasteiger partial charge in [0.2, 0.25) is 0 Å². The van der Waals surface area contributed by atoms with Crippen molar-refractivity contribution in [3.05, 3.63) is 11.6 Å². The molecular weight excluding hydrogens is 180 g/mol. The minimum atomic E-state index is 0.912. The Morgan fingerprint density at radius 2 is 1.60 bits per heavy atom. The van der Waals surface area contributed by atoms with Gasteiger partial charge < -0.3 is 0 Å². The van der Waals surface area contributed by atoms with E-state index in [0.29, 0.717) is 0 Å². The van der Waals surface area contributed by atoms with Crippen molar-refractivity contribution in [1.29, 1.82) is 0 Å². The average Bonchev–Trinajstić information content (AvgIpc) is 2.24. The lowest BCUT2D eigenvalue weighted by Crippen LogP contribution is -1.80. The number of terminal acetylenes is 2. The van der Waals surface area contributed by atoms with E-state index in [1.54, 1.807) is 0 Å². The maximum Gasteiger partial charge on any atom is 0.00861 e. The van der Waals surface area contributed by atoms with Crippen LogP contribution in [-0.2, 0) is 0 Å². The number of hydrogen-bond acceptors (Lipinski definition) is 0. The van der Waals surface area contributed by atoms with Crippen LogP contribution in [0.1, 0.15) is 58.3 Å². The monoisotopic (exact) mass is 202 g/mol. The van der Waals surface area contributed by atoms with Crippen LogP contribution in [0.3, 0.4) is 0 Å². The fourth-order valence-corrected chi connectivity index (χ4v) is 1.45. The average molecular weight is 202 g/mol. The van der Waals surface area contributed by atoms with Crippen LogP contribution in [0.2, 0.25) is 0 Å². The van der Waals surface area contributed by atoms with Crippen LogP contribution >= 0.6 is 0 Å². The lowest BCUT2D eigenvalue weighted by atomic mass is 10.1. The molecule has 0 nitrogen and oxygen atoms in total. The van der Waals surface area contributed by atoms with Gasteiger partial charge in [0.25, 0.3) is 0 Å². The van der Waals surface area contributed by atoms with E-state index in [1.165, 1.54) is 31.3 Å². The van der Waals surface area contributed by atoms with Crippen molar-refractivity contribution in [2.45, 2.75) is 58.3 Å². The van der Waals surface area contributed by atoms with Crippen LogP contribution in [-0.4, -0.2) is 0 Å². The summed E-state index contributed by atoms with van der Waals surface area (Å²) in [7, 11) is 0. The third kappa shape index (κ3) is 10.8. The molecule has 0 rings (SSSR count). The maximum absolute atomic E-state index is 5.19. The molecule has 0 saturated carbocycles. The van der Waals surface area contributed by atoms with Crippen molar-refractivity contribution in [1.82, 2.24) is 0 Å². The Bertz CT molecular complexity index is 244. The van der Waals surface area contributed by atoms with E-state index in [4.69, 9.17) is 12.8 Å². The summed E-state index contributed by atoms with van der Waals surface area (Å²) < 4.78 is 0. The fraction of sp³-hybridized carbons (Fsp3) is 0.600. The van der Waals surface area contributed by atoms with Crippen molar-refractivity contribution in [2.24, 2.45) is 0 Å². The molecule has 82 valence electrons. The van der Waals surface area contributed by atoms with Gasteiger partial charge in [-0.3, -0.25) is 0 Å². The highest BCUT2D eigenvalue weighted by atomic mass is 14.0. The maximum atomic E-state index is 5.19. The summed E-state index contributed by atoms with van der Waals surface area (Å²) >= 11 is 0. The topological polar surface area (TPSA) is 0 Å². The van der Waals surface area contributed by atoms with Crippen molar-refractivity contribution in [2.75, 3.05) is 0 Å². The molecule has 0 aromatic carbocycles. The molecule has 0 aliphatic carbocycles. The predicted octanol–water partition coefficient (Wildman–Crippen LogP) is 4.32. The number of rotatable bonds is 8. The third-order valence-corrected chi connectivity index (χ3v) is 2.41. The highest BCUT2D eigenvalue weighted by molar-refractivity contribution is 4.98. The van der Waals surface area contributed by atoms with Gasteiger partial charge in [-0.2, -0.15) is 0 Å². The molecule has 0 aromatic heterocycles. The highest BCUT2D eigenvalue weighted by Crippen LogP contribution is 2.10. The first-order valence-corrected chi connectivity index (χ1v) is 5.83. The zero-order valence-corrected chi connectivity index (χ0v) is 9.89. The molecule has 0 saturated heterocycles. The molecule has 0 amide bonds. The molecule has 15 heavy (non-hydrogen) atoms. The fourth-order valence-electron chi connectivity index (χ4n) is 1.45. The van der Waals surface area contributed by atoms with Crippen LogP contribution in [0.15, 0.2) is 11.6 Å². The first kappa shape index (κ1) is 13.9. The number of unbranched alkanes of at least 4 members (excludes halogenated alkanes) is 5. The molecule has 0 atom stereocenters.